The number of ether oxygens (including phenoxy) is 1. The number of aliphatic hydroxyl groups is 1. The smallest absolute Gasteiger partial charge is 0.264 e. The number of benzene rings is 2. The molecule has 1 N–H and O–H groups in total. The van der Waals surface area contributed by atoms with Crippen LogP contribution in [0.2, 0.25) is 5.02 Å². The van der Waals surface area contributed by atoms with E-state index in [9.17, 15) is 14.7 Å². The molecule has 1 unspecified atom stereocenters. The molecule has 3 rings (SSSR count). The summed E-state index contributed by atoms with van der Waals surface area (Å²) in [6.07, 6.45) is -0.289. The lowest BCUT2D eigenvalue weighted by Crippen LogP contribution is -2.41. The van der Waals surface area contributed by atoms with Gasteiger partial charge in [0, 0.05) is 22.6 Å². The van der Waals surface area contributed by atoms with Gasteiger partial charge in [-0.1, -0.05) is 29.8 Å². The van der Waals surface area contributed by atoms with Gasteiger partial charge < -0.3 is 14.7 Å². The Bertz CT molecular complexity index is 867. The van der Waals surface area contributed by atoms with Crippen LogP contribution in [0.1, 0.15) is 31.4 Å². The van der Waals surface area contributed by atoms with Crippen molar-refractivity contribution in [1.82, 2.24) is 0 Å². The number of rotatable bonds is 6. The normalized spacial score (nSPS) is 18.8. The van der Waals surface area contributed by atoms with Crippen molar-refractivity contribution in [3.8, 4) is 5.75 Å². The standard InChI is InChI=1S/C20H20ClNO4/c1-3-26-18-7-5-4-6-14(18)12-22-17-9-8-15(21)10-16(17)20(25,19(22)24)11-13(2)23/h4-10,25H,3,11-12H2,1-2H3. The van der Waals surface area contributed by atoms with Crippen LogP contribution in [0.3, 0.4) is 0 Å². The average molecular weight is 374 g/mol. The van der Waals surface area contributed by atoms with E-state index in [0.717, 1.165) is 5.56 Å². The maximum atomic E-state index is 13.0. The molecule has 0 spiro atoms. The highest BCUT2D eigenvalue weighted by molar-refractivity contribution is 6.31. The molecule has 6 heteroatoms. The lowest BCUT2D eigenvalue weighted by Gasteiger charge is -2.23. The average Bonchev–Trinajstić information content (AvgIpc) is 2.78. The monoisotopic (exact) mass is 373 g/mol. The van der Waals surface area contributed by atoms with E-state index in [2.05, 4.69) is 0 Å². The molecular formula is C20H20ClNO4. The first-order valence-corrected chi connectivity index (χ1v) is 8.79. The summed E-state index contributed by atoms with van der Waals surface area (Å²) < 4.78 is 5.63. The Balaban J connectivity index is 2.04. The summed E-state index contributed by atoms with van der Waals surface area (Å²) in [5.41, 5.74) is -0.170. The van der Waals surface area contributed by atoms with E-state index in [1.165, 1.54) is 11.8 Å². The minimum absolute atomic E-state index is 0.226. The van der Waals surface area contributed by atoms with Crippen LogP contribution in [0.15, 0.2) is 42.5 Å². The van der Waals surface area contributed by atoms with Crippen molar-refractivity contribution in [1.29, 1.82) is 0 Å². The third-order valence-corrected chi connectivity index (χ3v) is 4.63. The number of ketones is 1. The van der Waals surface area contributed by atoms with Crippen LogP contribution in [-0.2, 0) is 21.7 Å². The van der Waals surface area contributed by atoms with Gasteiger partial charge in [0.15, 0.2) is 5.60 Å². The molecule has 1 aliphatic rings. The van der Waals surface area contributed by atoms with Crippen molar-refractivity contribution in [2.45, 2.75) is 32.4 Å². The van der Waals surface area contributed by atoms with Gasteiger partial charge in [-0.05, 0) is 38.1 Å². The van der Waals surface area contributed by atoms with E-state index in [1.54, 1.807) is 18.2 Å². The van der Waals surface area contributed by atoms with Gasteiger partial charge in [0.25, 0.3) is 5.91 Å². The Morgan fingerprint density at radius 1 is 1.27 bits per heavy atom. The summed E-state index contributed by atoms with van der Waals surface area (Å²) in [5.74, 6) is -0.125. The number of fused-ring (bicyclic) bond motifs is 1. The van der Waals surface area contributed by atoms with Gasteiger partial charge in [-0.3, -0.25) is 9.59 Å². The molecule has 0 aliphatic carbocycles. The molecule has 0 radical (unpaired) electrons. The molecule has 2 aromatic rings. The summed E-state index contributed by atoms with van der Waals surface area (Å²) in [5, 5.41) is 11.4. The third-order valence-electron chi connectivity index (χ3n) is 4.40. The Morgan fingerprint density at radius 2 is 2.00 bits per heavy atom. The number of hydrogen-bond acceptors (Lipinski definition) is 4. The van der Waals surface area contributed by atoms with Crippen molar-refractivity contribution < 1.29 is 19.4 Å². The molecule has 2 aromatic carbocycles. The molecule has 26 heavy (non-hydrogen) atoms. The van der Waals surface area contributed by atoms with Crippen molar-refractivity contribution in [2.75, 3.05) is 11.5 Å². The SMILES string of the molecule is CCOc1ccccc1CN1C(=O)C(O)(CC(C)=O)c2cc(Cl)ccc21. The molecule has 0 saturated heterocycles. The highest BCUT2D eigenvalue weighted by atomic mass is 35.5. The van der Waals surface area contributed by atoms with Gasteiger partial charge in [-0.2, -0.15) is 0 Å². The van der Waals surface area contributed by atoms with Crippen molar-refractivity contribution in [3.63, 3.8) is 0 Å². The van der Waals surface area contributed by atoms with E-state index in [0.29, 0.717) is 28.6 Å². The van der Waals surface area contributed by atoms with Gasteiger partial charge in [0.05, 0.1) is 18.8 Å². The fourth-order valence-corrected chi connectivity index (χ4v) is 3.48. The lowest BCUT2D eigenvalue weighted by molar-refractivity contribution is -0.141. The van der Waals surface area contributed by atoms with E-state index in [-0.39, 0.29) is 18.7 Å². The lowest BCUT2D eigenvalue weighted by atomic mass is 9.90. The van der Waals surface area contributed by atoms with Crippen molar-refractivity contribution in [2.24, 2.45) is 0 Å². The molecule has 5 nitrogen and oxygen atoms in total. The van der Waals surface area contributed by atoms with Crippen LogP contribution >= 0.6 is 11.6 Å². The highest BCUT2D eigenvalue weighted by Crippen LogP contribution is 2.44. The van der Waals surface area contributed by atoms with Crippen LogP contribution in [-0.4, -0.2) is 23.4 Å². The summed E-state index contributed by atoms with van der Waals surface area (Å²) in [6, 6.07) is 12.3. The molecule has 136 valence electrons. The minimum atomic E-state index is -1.90. The number of nitrogens with zero attached hydrogens (tertiary/aromatic N) is 1. The van der Waals surface area contributed by atoms with Crippen LogP contribution in [0.25, 0.3) is 0 Å². The molecule has 1 aliphatic heterocycles. The van der Waals surface area contributed by atoms with Crippen molar-refractivity contribution >= 4 is 29.0 Å². The summed E-state index contributed by atoms with van der Waals surface area (Å²) in [6.45, 7) is 3.97. The maximum absolute atomic E-state index is 13.0. The second-order valence-electron chi connectivity index (χ2n) is 6.33. The fraction of sp³-hybridized carbons (Fsp3) is 0.300. The zero-order chi connectivity index (χ0) is 18.9. The summed E-state index contributed by atoms with van der Waals surface area (Å²) in [7, 11) is 0. The van der Waals surface area contributed by atoms with Crippen LogP contribution < -0.4 is 9.64 Å². The topological polar surface area (TPSA) is 66.8 Å². The first-order valence-electron chi connectivity index (χ1n) is 8.41. The molecule has 1 amide bonds. The molecule has 0 bridgehead atoms. The van der Waals surface area contributed by atoms with Gasteiger partial charge >= 0.3 is 0 Å². The third kappa shape index (κ3) is 3.20. The van der Waals surface area contributed by atoms with E-state index >= 15 is 0 Å². The Kier molecular flexibility index (Phi) is 5.03. The highest BCUT2D eigenvalue weighted by Gasteiger charge is 2.50. The predicted molar refractivity (Wildman–Crippen MR) is 99.4 cm³/mol. The zero-order valence-electron chi connectivity index (χ0n) is 14.7. The number of amides is 1. The number of carbonyl (C=O) groups is 2. The van der Waals surface area contributed by atoms with Crippen LogP contribution in [0.4, 0.5) is 5.69 Å². The molecule has 0 saturated carbocycles. The number of halogens is 1. The summed E-state index contributed by atoms with van der Waals surface area (Å²) in [4.78, 5) is 26.2. The van der Waals surface area contributed by atoms with Gasteiger partial charge in [0.1, 0.15) is 11.5 Å². The van der Waals surface area contributed by atoms with Gasteiger partial charge in [-0.25, -0.2) is 0 Å². The number of carbonyl (C=O) groups excluding carboxylic acids is 2. The Morgan fingerprint density at radius 3 is 2.69 bits per heavy atom. The molecular weight excluding hydrogens is 354 g/mol. The number of anilines is 1. The molecule has 0 fully saturated rings. The second-order valence-corrected chi connectivity index (χ2v) is 6.77. The number of Topliss-reactive ketones (excluding diaryl/α,β-unsaturated/α-hetero) is 1. The fourth-order valence-electron chi connectivity index (χ4n) is 3.31. The second kappa shape index (κ2) is 7.09. The first kappa shape index (κ1) is 18.4. The Labute approximate surface area is 157 Å². The quantitative estimate of drug-likeness (QED) is 0.842. The largest absolute Gasteiger partial charge is 0.494 e. The zero-order valence-corrected chi connectivity index (χ0v) is 15.4. The minimum Gasteiger partial charge on any atom is -0.494 e. The molecule has 1 atom stereocenters. The van der Waals surface area contributed by atoms with Gasteiger partial charge in [-0.15, -0.1) is 0 Å². The molecule has 1 heterocycles. The van der Waals surface area contributed by atoms with Gasteiger partial charge in [0.2, 0.25) is 0 Å². The predicted octanol–water partition coefficient (Wildman–Crippen LogP) is 3.45. The van der Waals surface area contributed by atoms with E-state index in [4.69, 9.17) is 16.3 Å². The van der Waals surface area contributed by atoms with E-state index < -0.39 is 11.5 Å². The maximum Gasteiger partial charge on any atom is 0.264 e. The summed E-state index contributed by atoms with van der Waals surface area (Å²) >= 11 is 6.06. The van der Waals surface area contributed by atoms with E-state index in [1.807, 2.05) is 31.2 Å². The van der Waals surface area contributed by atoms with Crippen LogP contribution in [0.5, 0.6) is 5.75 Å². The number of para-hydroxylation sites is 1. The van der Waals surface area contributed by atoms with Crippen LogP contribution in [0, 0.1) is 0 Å². The first-order chi connectivity index (χ1) is 12.4. The molecule has 0 aromatic heterocycles. The number of hydrogen-bond donors (Lipinski definition) is 1. The Hall–Kier alpha value is -2.37. The van der Waals surface area contributed by atoms with Crippen molar-refractivity contribution in [3.05, 3.63) is 58.6 Å².